The van der Waals surface area contributed by atoms with E-state index in [-0.39, 0.29) is 30.3 Å². The Labute approximate surface area is 278 Å². The van der Waals surface area contributed by atoms with Gasteiger partial charge < -0.3 is 30.2 Å². The molecule has 10 nitrogen and oxygen atoms in total. The van der Waals surface area contributed by atoms with Crippen molar-refractivity contribution in [3.05, 3.63) is 58.7 Å². The fourth-order valence-electron chi connectivity index (χ4n) is 8.59. The molecule has 0 bridgehead atoms. The zero-order chi connectivity index (χ0) is 33.1. The van der Waals surface area contributed by atoms with E-state index < -0.39 is 18.1 Å². The summed E-state index contributed by atoms with van der Waals surface area (Å²) in [5.41, 5.74) is 4.27. The number of benzene rings is 2. The van der Waals surface area contributed by atoms with Crippen molar-refractivity contribution in [2.24, 2.45) is 5.92 Å². The number of aryl methyl sites for hydroxylation is 2. The first-order valence-electron chi connectivity index (χ1n) is 17.7. The van der Waals surface area contributed by atoms with E-state index in [2.05, 4.69) is 10.2 Å². The predicted molar refractivity (Wildman–Crippen MR) is 182 cm³/mol. The van der Waals surface area contributed by atoms with Gasteiger partial charge in [0.15, 0.2) is 0 Å². The maximum atomic E-state index is 14.6. The number of fused-ring (bicyclic) bond motifs is 1. The fourth-order valence-corrected chi connectivity index (χ4v) is 8.59. The summed E-state index contributed by atoms with van der Waals surface area (Å²) in [7, 11) is 0. The third kappa shape index (κ3) is 7.37. The van der Waals surface area contributed by atoms with E-state index in [9.17, 15) is 24.6 Å². The number of piperazine rings is 1. The molecule has 3 atom stereocenters. The van der Waals surface area contributed by atoms with Gasteiger partial charge in [0.05, 0.1) is 5.92 Å². The Bertz CT molecular complexity index is 1430. The lowest BCUT2D eigenvalue weighted by atomic mass is 9.82. The number of piperidine rings is 1. The van der Waals surface area contributed by atoms with E-state index in [1.165, 1.54) is 43.4 Å². The number of phenolic OH excluding ortho intramolecular Hbond substituents is 1. The SMILES string of the molecule is Cc1cc(CC(C(=O)N2CCN(C3CCCCCC3)CC2)[C@H]2CC(N3CCc4ccccc4NC3=O)CCN2C(=O)O)cc(C)c1O. The molecule has 47 heavy (non-hydrogen) atoms. The van der Waals surface area contributed by atoms with Crippen LogP contribution in [0.5, 0.6) is 5.75 Å². The number of hydrogen-bond acceptors (Lipinski definition) is 5. The molecular formula is C37H51N5O5. The summed E-state index contributed by atoms with van der Waals surface area (Å²) in [6.07, 6.45) is 8.55. The Morgan fingerprint density at radius 1 is 0.894 bits per heavy atom. The quantitative estimate of drug-likeness (QED) is 0.351. The minimum atomic E-state index is -1.03. The normalized spacial score (nSPS) is 23.8. The average molecular weight is 646 g/mol. The number of anilines is 1. The Morgan fingerprint density at radius 3 is 2.26 bits per heavy atom. The lowest BCUT2D eigenvalue weighted by molar-refractivity contribution is -0.140. The first-order valence-corrected chi connectivity index (χ1v) is 17.7. The number of carbonyl (C=O) groups excluding carboxylic acids is 2. The van der Waals surface area contributed by atoms with Crippen LogP contribution in [0.3, 0.4) is 0 Å². The molecule has 2 aromatic rings. The number of urea groups is 1. The summed E-state index contributed by atoms with van der Waals surface area (Å²) >= 11 is 0. The number of aromatic hydroxyl groups is 1. The van der Waals surface area contributed by atoms with Crippen molar-refractivity contribution in [2.75, 3.05) is 44.6 Å². The second-order valence-electron chi connectivity index (χ2n) is 14.1. The third-order valence-corrected chi connectivity index (χ3v) is 11.2. The van der Waals surface area contributed by atoms with Gasteiger partial charge in [-0.05, 0) is 80.7 Å². The van der Waals surface area contributed by atoms with Gasteiger partial charge in [0.2, 0.25) is 5.91 Å². The molecule has 3 heterocycles. The molecule has 4 aliphatic rings. The van der Waals surface area contributed by atoms with Gasteiger partial charge in [-0.25, -0.2) is 9.59 Å². The van der Waals surface area contributed by atoms with Crippen LogP contribution in [-0.2, 0) is 17.6 Å². The van der Waals surface area contributed by atoms with Crippen LogP contribution in [0.1, 0.15) is 73.6 Å². The highest BCUT2D eigenvalue weighted by molar-refractivity contribution is 5.91. The molecule has 254 valence electrons. The van der Waals surface area contributed by atoms with Crippen LogP contribution < -0.4 is 5.32 Å². The van der Waals surface area contributed by atoms with Crippen LogP contribution in [-0.4, -0.2) is 105 Å². The summed E-state index contributed by atoms with van der Waals surface area (Å²) < 4.78 is 0. The van der Waals surface area contributed by atoms with E-state index in [1.807, 2.05) is 60.0 Å². The number of carbonyl (C=O) groups is 3. The molecule has 0 spiro atoms. The van der Waals surface area contributed by atoms with Crippen LogP contribution in [0.15, 0.2) is 36.4 Å². The summed E-state index contributed by atoms with van der Waals surface area (Å²) in [5, 5.41) is 24.0. The molecule has 2 saturated heterocycles. The zero-order valence-electron chi connectivity index (χ0n) is 28.0. The van der Waals surface area contributed by atoms with Crippen molar-refractivity contribution in [2.45, 2.75) is 96.2 Å². The molecule has 1 saturated carbocycles. The maximum Gasteiger partial charge on any atom is 0.407 e. The van der Waals surface area contributed by atoms with E-state index in [4.69, 9.17) is 0 Å². The number of nitrogens with one attached hydrogen (secondary N) is 1. The molecule has 3 fully saturated rings. The Kier molecular flexibility index (Phi) is 10.2. The molecule has 1 aliphatic carbocycles. The summed E-state index contributed by atoms with van der Waals surface area (Å²) in [5.74, 6) is -0.392. The van der Waals surface area contributed by atoms with Gasteiger partial charge in [-0.3, -0.25) is 9.69 Å². The van der Waals surface area contributed by atoms with E-state index in [0.29, 0.717) is 51.4 Å². The first-order chi connectivity index (χ1) is 22.7. The number of carboxylic acid groups (broad SMARTS) is 1. The van der Waals surface area contributed by atoms with Crippen LogP contribution in [0.4, 0.5) is 15.3 Å². The number of para-hydroxylation sites is 1. The van der Waals surface area contributed by atoms with Gasteiger partial charge in [-0.15, -0.1) is 0 Å². The second kappa shape index (κ2) is 14.5. The summed E-state index contributed by atoms with van der Waals surface area (Å²) in [4.78, 5) is 48.7. The van der Waals surface area contributed by atoms with Crippen molar-refractivity contribution in [3.63, 3.8) is 0 Å². The Morgan fingerprint density at radius 2 is 1.57 bits per heavy atom. The highest BCUT2D eigenvalue weighted by Crippen LogP contribution is 2.34. The molecule has 3 N–H and O–H groups in total. The Hall–Kier alpha value is -3.79. The van der Waals surface area contributed by atoms with Crippen LogP contribution >= 0.6 is 0 Å². The molecule has 0 radical (unpaired) electrons. The number of hydrogen-bond donors (Lipinski definition) is 3. The number of phenols is 1. The molecule has 10 heteroatoms. The maximum absolute atomic E-state index is 14.6. The topological polar surface area (TPSA) is 117 Å². The number of rotatable bonds is 6. The van der Waals surface area contributed by atoms with Crippen LogP contribution in [0, 0.1) is 19.8 Å². The van der Waals surface area contributed by atoms with Gasteiger partial charge in [0.25, 0.3) is 0 Å². The zero-order valence-corrected chi connectivity index (χ0v) is 28.0. The summed E-state index contributed by atoms with van der Waals surface area (Å²) in [6.45, 7) is 7.44. The number of nitrogens with zero attached hydrogens (tertiary/aromatic N) is 4. The average Bonchev–Trinajstić information content (AvgIpc) is 3.45. The van der Waals surface area contributed by atoms with Crippen molar-refractivity contribution in [1.82, 2.24) is 19.6 Å². The molecule has 2 aromatic carbocycles. The van der Waals surface area contributed by atoms with Crippen LogP contribution in [0.25, 0.3) is 0 Å². The molecule has 3 aliphatic heterocycles. The minimum absolute atomic E-state index is 0.0153. The lowest BCUT2D eigenvalue weighted by Crippen LogP contribution is -2.60. The van der Waals surface area contributed by atoms with E-state index >= 15 is 0 Å². The minimum Gasteiger partial charge on any atom is -0.507 e. The lowest BCUT2D eigenvalue weighted by Gasteiger charge is -2.46. The van der Waals surface area contributed by atoms with Crippen molar-refractivity contribution in [3.8, 4) is 5.75 Å². The number of amides is 4. The first kappa shape index (κ1) is 33.1. The largest absolute Gasteiger partial charge is 0.507 e. The van der Waals surface area contributed by atoms with E-state index in [0.717, 1.165) is 41.0 Å². The third-order valence-electron chi connectivity index (χ3n) is 11.2. The van der Waals surface area contributed by atoms with Gasteiger partial charge in [-0.2, -0.15) is 0 Å². The van der Waals surface area contributed by atoms with E-state index in [1.54, 1.807) is 0 Å². The van der Waals surface area contributed by atoms with Gasteiger partial charge >= 0.3 is 12.1 Å². The van der Waals surface area contributed by atoms with Gasteiger partial charge in [-0.1, -0.05) is 56.0 Å². The highest BCUT2D eigenvalue weighted by Gasteiger charge is 2.44. The molecule has 4 amide bonds. The second-order valence-corrected chi connectivity index (χ2v) is 14.1. The molecule has 0 aromatic heterocycles. The smallest absolute Gasteiger partial charge is 0.407 e. The monoisotopic (exact) mass is 645 g/mol. The Balaban J connectivity index is 1.25. The molecule has 2 unspecified atom stereocenters. The van der Waals surface area contributed by atoms with Gasteiger partial charge in [0, 0.05) is 63.1 Å². The van der Waals surface area contributed by atoms with Gasteiger partial charge in [0.1, 0.15) is 5.75 Å². The van der Waals surface area contributed by atoms with Crippen molar-refractivity contribution >= 4 is 23.7 Å². The number of likely N-dealkylation sites (tertiary alicyclic amines) is 1. The van der Waals surface area contributed by atoms with Crippen molar-refractivity contribution < 1.29 is 24.6 Å². The fraction of sp³-hybridized carbons (Fsp3) is 0.595. The van der Waals surface area contributed by atoms with Crippen molar-refractivity contribution in [1.29, 1.82) is 0 Å². The van der Waals surface area contributed by atoms with Crippen LogP contribution in [0.2, 0.25) is 0 Å². The summed E-state index contributed by atoms with van der Waals surface area (Å²) in [6, 6.07) is 11.3. The molecule has 6 rings (SSSR count). The predicted octanol–water partition coefficient (Wildman–Crippen LogP) is 5.64. The highest BCUT2D eigenvalue weighted by atomic mass is 16.4. The standard InChI is InChI=1S/C37H51N5O5/c1-25-21-27(22-26(2)34(25)43)23-31(35(44)40-19-17-39(18-20-40)29-10-5-3-4-6-11-29)33-24-30(14-16-42(33)37(46)47)41-15-13-28-9-7-8-12-32(28)38-36(41)45/h7-9,12,21-22,29-31,33,43H,3-6,10-11,13-20,23-24H2,1-2H3,(H,38,45)(H,46,47)/t30?,31?,33-/m1/s1. The molecular weight excluding hydrogens is 594 g/mol.